The maximum absolute atomic E-state index is 11.7. The Morgan fingerprint density at radius 2 is 1.94 bits per heavy atom. The second-order valence-electron chi connectivity index (χ2n) is 5.53. The normalized spacial score (nSPS) is 24.1. The topological polar surface area (TPSA) is 49.3 Å². The molecule has 3 heteroatoms. The molecule has 0 heterocycles. The van der Waals surface area contributed by atoms with E-state index in [2.05, 4.69) is 5.32 Å². The van der Waals surface area contributed by atoms with Gasteiger partial charge in [0.1, 0.15) is 0 Å². The highest BCUT2D eigenvalue weighted by Crippen LogP contribution is 2.32. The van der Waals surface area contributed by atoms with Crippen molar-refractivity contribution in [3.05, 3.63) is 0 Å². The minimum absolute atomic E-state index is 0.0994. The Bertz CT molecular complexity index is 237. The third-order valence-electron chi connectivity index (χ3n) is 4.27. The van der Waals surface area contributed by atoms with Crippen LogP contribution in [0.3, 0.4) is 0 Å². The summed E-state index contributed by atoms with van der Waals surface area (Å²) in [5.41, 5.74) is -0.257. The van der Waals surface area contributed by atoms with E-state index in [1.165, 1.54) is 25.7 Å². The van der Waals surface area contributed by atoms with Crippen molar-refractivity contribution in [2.24, 2.45) is 5.92 Å². The molecule has 0 aromatic heterocycles. The maximum atomic E-state index is 11.7. The molecule has 0 unspecified atom stereocenters. The van der Waals surface area contributed by atoms with Gasteiger partial charge in [0.2, 0.25) is 5.91 Å². The highest BCUT2D eigenvalue weighted by molar-refractivity contribution is 5.77. The lowest BCUT2D eigenvalue weighted by Gasteiger charge is -2.41. The summed E-state index contributed by atoms with van der Waals surface area (Å²) in [6, 6.07) is 0. The van der Waals surface area contributed by atoms with Gasteiger partial charge in [0.15, 0.2) is 0 Å². The van der Waals surface area contributed by atoms with E-state index in [0.717, 1.165) is 31.6 Å². The number of nitrogens with one attached hydrogen (secondary N) is 1. The fourth-order valence-electron chi connectivity index (χ4n) is 2.92. The van der Waals surface area contributed by atoms with Gasteiger partial charge < -0.3 is 10.4 Å². The van der Waals surface area contributed by atoms with Gasteiger partial charge in [0, 0.05) is 6.42 Å². The molecule has 2 aliphatic carbocycles. The summed E-state index contributed by atoms with van der Waals surface area (Å²) >= 11 is 0. The zero-order chi connectivity index (χ0) is 11.4. The summed E-state index contributed by atoms with van der Waals surface area (Å²) in [5.74, 6) is 0.915. The number of hydrogen-bond acceptors (Lipinski definition) is 2. The SMILES string of the molecule is O=C(CCC1CCCC1)NC1(CO)CCC1. The third-order valence-corrected chi connectivity index (χ3v) is 4.27. The Balaban J connectivity index is 1.67. The quantitative estimate of drug-likeness (QED) is 0.751. The number of amides is 1. The van der Waals surface area contributed by atoms with Crippen molar-refractivity contribution < 1.29 is 9.90 Å². The average molecular weight is 225 g/mol. The Hall–Kier alpha value is -0.570. The third kappa shape index (κ3) is 2.76. The minimum Gasteiger partial charge on any atom is -0.394 e. The summed E-state index contributed by atoms with van der Waals surface area (Å²) in [7, 11) is 0. The highest BCUT2D eigenvalue weighted by atomic mass is 16.3. The fourth-order valence-corrected chi connectivity index (χ4v) is 2.92. The van der Waals surface area contributed by atoms with Crippen LogP contribution in [0.1, 0.15) is 57.8 Å². The summed E-state index contributed by atoms with van der Waals surface area (Å²) in [5, 5.41) is 12.3. The van der Waals surface area contributed by atoms with E-state index in [0.29, 0.717) is 6.42 Å². The van der Waals surface area contributed by atoms with Crippen LogP contribution in [0.25, 0.3) is 0 Å². The molecule has 16 heavy (non-hydrogen) atoms. The molecule has 0 aliphatic heterocycles. The molecular formula is C13H23NO2. The molecule has 0 radical (unpaired) electrons. The molecule has 2 aliphatic rings. The minimum atomic E-state index is -0.257. The lowest BCUT2D eigenvalue weighted by atomic mass is 9.77. The molecule has 2 saturated carbocycles. The van der Waals surface area contributed by atoms with Crippen molar-refractivity contribution in [3.63, 3.8) is 0 Å². The molecule has 2 rings (SSSR count). The number of aliphatic hydroxyl groups is 1. The number of hydrogen-bond donors (Lipinski definition) is 2. The summed E-state index contributed by atoms with van der Waals surface area (Å²) in [4.78, 5) is 11.7. The first-order valence-electron chi connectivity index (χ1n) is 6.66. The Morgan fingerprint density at radius 3 is 2.44 bits per heavy atom. The molecule has 0 aromatic carbocycles. The number of aliphatic hydroxyl groups excluding tert-OH is 1. The first-order chi connectivity index (χ1) is 7.74. The summed E-state index contributed by atoms with van der Waals surface area (Å²) < 4.78 is 0. The van der Waals surface area contributed by atoms with Crippen molar-refractivity contribution in [2.45, 2.75) is 63.3 Å². The molecule has 0 bridgehead atoms. The number of rotatable bonds is 5. The largest absolute Gasteiger partial charge is 0.394 e. The van der Waals surface area contributed by atoms with Gasteiger partial charge in [0.05, 0.1) is 12.1 Å². The predicted octanol–water partition coefficient (Wildman–Crippen LogP) is 1.99. The first kappa shape index (κ1) is 11.9. The van der Waals surface area contributed by atoms with Crippen LogP contribution in [0.5, 0.6) is 0 Å². The second-order valence-corrected chi connectivity index (χ2v) is 5.53. The Labute approximate surface area is 97.6 Å². The van der Waals surface area contributed by atoms with Crippen molar-refractivity contribution >= 4 is 5.91 Å². The zero-order valence-corrected chi connectivity index (χ0v) is 10.0. The van der Waals surface area contributed by atoms with E-state index in [-0.39, 0.29) is 18.1 Å². The standard InChI is InChI=1S/C13H23NO2/c15-10-13(8-3-9-13)14-12(16)7-6-11-4-1-2-5-11/h11,15H,1-10H2,(H,14,16). The average Bonchev–Trinajstić information content (AvgIpc) is 2.73. The van der Waals surface area contributed by atoms with Gasteiger partial charge in [-0.2, -0.15) is 0 Å². The van der Waals surface area contributed by atoms with Crippen LogP contribution in [-0.2, 0) is 4.79 Å². The zero-order valence-electron chi connectivity index (χ0n) is 10.0. The summed E-state index contributed by atoms with van der Waals surface area (Å²) in [6.45, 7) is 0.0994. The van der Waals surface area contributed by atoms with E-state index in [4.69, 9.17) is 0 Å². The Kier molecular flexibility index (Phi) is 3.85. The van der Waals surface area contributed by atoms with Crippen LogP contribution in [0.4, 0.5) is 0 Å². The fraction of sp³-hybridized carbons (Fsp3) is 0.923. The predicted molar refractivity (Wildman–Crippen MR) is 63.0 cm³/mol. The monoisotopic (exact) mass is 225 g/mol. The second kappa shape index (κ2) is 5.17. The molecule has 0 spiro atoms. The molecule has 92 valence electrons. The van der Waals surface area contributed by atoms with E-state index < -0.39 is 0 Å². The highest BCUT2D eigenvalue weighted by Gasteiger charge is 2.37. The first-order valence-corrected chi connectivity index (χ1v) is 6.66. The van der Waals surface area contributed by atoms with E-state index >= 15 is 0 Å². The lowest BCUT2D eigenvalue weighted by molar-refractivity contribution is -0.125. The molecule has 2 N–H and O–H groups in total. The van der Waals surface area contributed by atoms with Crippen molar-refractivity contribution in [1.82, 2.24) is 5.32 Å². The summed E-state index contributed by atoms with van der Waals surface area (Å²) in [6.07, 6.45) is 9.98. The molecular weight excluding hydrogens is 202 g/mol. The van der Waals surface area contributed by atoms with Crippen LogP contribution in [0, 0.1) is 5.92 Å². The van der Waals surface area contributed by atoms with Crippen LogP contribution < -0.4 is 5.32 Å². The molecule has 0 saturated heterocycles. The van der Waals surface area contributed by atoms with Gasteiger partial charge in [-0.25, -0.2) is 0 Å². The molecule has 0 atom stereocenters. The van der Waals surface area contributed by atoms with Gasteiger partial charge in [-0.05, 0) is 31.6 Å². The van der Waals surface area contributed by atoms with Crippen LogP contribution in [-0.4, -0.2) is 23.2 Å². The maximum Gasteiger partial charge on any atom is 0.220 e. The van der Waals surface area contributed by atoms with Crippen LogP contribution in [0.15, 0.2) is 0 Å². The van der Waals surface area contributed by atoms with Crippen molar-refractivity contribution in [1.29, 1.82) is 0 Å². The Morgan fingerprint density at radius 1 is 1.25 bits per heavy atom. The van der Waals surface area contributed by atoms with Crippen LogP contribution >= 0.6 is 0 Å². The molecule has 3 nitrogen and oxygen atoms in total. The van der Waals surface area contributed by atoms with Gasteiger partial charge in [0.25, 0.3) is 0 Å². The van der Waals surface area contributed by atoms with Gasteiger partial charge in [-0.15, -0.1) is 0 Å². The van der Waals surface area contributed by atoms with Crippen molar-refractivity contribution in [2.75, 3.05) is 6.61 Å². The number of carbonyl (C=O) groups excluding carboxylic acids is 1. The van der Waals surface area contributed by atoms with Gasteiger partial charge in [-0.1, -0.05) is 25.7 Å². The molecule has 1 amide bonds. The molecule has 2 fully saturated rings. The van der Waals surface area contributed by atoms with E-state index in [1.54, 1.807) is 0 Å². The van der Waals surface area contributed by atoms with Gasteiger partial charge in [-0.3, -0.25) is 4.79 Å². The molecule has 0 aromatic rings. The van der Waals surface area contributed by atoms with E-state index in [1.807, 2.05) is 0 Å². The smallest absolute Gasteiger partial charge is 0.220 e. The van der Waals surface area contributed by atoms with Crippen molar-refractivity contribution in [3.8, 4) is 0 Å². The van der Waals surface area contributed by atoms with Gasteiger partial charge >= 0.3 is 0 Å². The van der Waals surface area contributed by atoms with Crippen LogP contribution in [0.2, 0.25) is 0 Å². The number of carbonyl (C=O) groups is 1. The van der Waals surface area contributed by atoms with E-state index in [9.17, 15) is 9.90 Å². The lowest BCUT2D eigenvalue weighted by Crippen LogP contribution is -2.56.